The summed E-state index contributed by atoms with van der Waals surface area (Å²) in [6, 6.07) is -0.442. The Kier molecular flexibility index (Phi) is 5.79. The Bertz CT molecular complexity index is 386. The Morgan fingerprint density at radius 1 is 1.40 bits per heavy atom. The molecule has 0 aliphatic carbocycles. The number of hydrogen-bond donors (Lipinski definition) is 2. The summed E-state index contributed by atoms with van der Waals surface area (Å²) in [5.74, 6) is -1.34. The van der Waals surface area contributed by atoms with Crippen molar-refractivity contribution in [3.63, 3.8) is 0 Å². The van der Waals surface area contributed by atoms with Crippen LogP contribution in [-0.4, -0.2) is 65.5 Å². The number of nitrogens with zero attached hydrogens (tertiary/aromatic N) is 2. The minimum atomic E-state index is -0.809. The lowest BCUT2D eigenvalue weighted by molar-refractivity contribution is -0.143. The number of amides is 3. The summed E-state index contributed by atoms with van der Waals surface area (Å²) in [5.41, 5.74) is 0. The quantitative estimate of drug-likeness (QED) is 0.780. The fraction of sp³-hybridized carbons (Fsp3) is 0.769. The number of carboxylic acids is 1. The minimum Gasteiger partial charge on any atom is -0.481 e. The summed E-state index contributed by atoms with van der Waals surface area (Å²) in [5, 5.41) is 11.6. The number of piperidine rings is 1. The predicted molar refractivity (Wildman–Crippen MR) is 73.2 cm³/mol. The lowest BCUT2D eigenvalue weighted by Crippen LogP contribution is -2.51. The van der Waals surface area contributed by atoms with Crippen LogP contribution in [0.4, 0.5) is 4.79 Å². The summed E-state index contributed by atoms with van der Waals surface area (Å²) >= 11 is 0. The third-order valence-electron chi connectivity index (χ3n) is 3.78. The molecule has 0 aromatic rings. The molecule has 20 heavy (non-hydrogen) atoms. The highest BCUT2D eigenvalue weighted by Crippen LogP contribution is 2.22. The second-order valence-corrected chi connectivity index (χ2v) is 5.17. The first kappa shape index (κ1) is 16.3. The van der Waals surface area contributed by atoms with E-state index in [9.17, 15) is 14.4 Å². The molecule has 1 aliphatic heterocycles. The Morgan fingerprint density at radius 3 is 2.55 bits per heavy atom. The summed E-state index contributed by atoms with van der Waals surface area (Å²) in [6.45, 7) is 4.65. The zero-order valence-corrected chi connectivity index (χ0v) is 12.3. The zero-order chi connectivity index (χ0) is 15.3. The highest BCUT2D eigenvalue weighted by Gasteiger charge is 2.32. The van der Waals surface area contributed by atoms with Crippen molar-refractivity contribution in [3.05, 3.63) is 0 Å². The molecule has 1 rings (SSSR count). The third-order valence-corrected chi connectivity index (χ3v) is 3.78. The van der Waals surface area contributed by atoms with Crippen molar-refractivity contribution in [1.29, 1.82) is 0 Å². The Morgan fingerprint density at radius 2 is 2.05 bits per heavy atom. The number of carbonyl (C=O) groups excluding carboxylic acids is 2. The predicted octanol–water partition coefficient (Wildman–Crippen LogP) is 0.359. The molecule has 0 saturated carbocycles. The van der Waals surface area contributed by atoms with Crippen molar-refractivity contribution in [3.8, 4) is 0 Å². The number of likely N-dealkylation sites (tertiary alicyclic amines) is 1. The number of aliphatic carboxylic acids is 1. The van der Waals surface area contributed by atoms with Gasteiger partial charge >= 0.3 is 12.0 Å². The maximum absolute atomic E-state index is 12.0. The van der Waals surface area contributed by atoms with E-state index in [-0.39, 0.29) is 30.4 Å². The number of urea groups is 1. The standard InChI is InChI=1S/C13H23N3O4/c1-4-15(3)11(17)8-14-13(20)16-6-5-10(12(18)19)7-9(16)2/h9-10H,4-8H2,1-3H3,(H,14,20)(H,18,19). The smallest absolute Gasteiger partial charge is 0.318 e. The highest BCUT2D eigenvalue weighted by molar-refractivity contribution is 5.84. The van der Waals surface area contributed by atoms with E-state index >= 15 is 0 Å². The Labute approximate surface area is 118 Å². The molecule has 0 spiro atoms. The Balaban J connectivity index is 2.45. The molecule has 7 heteroatoms. The number of likely N-dealkylation sites (N-methyl/N-ethyl adjacent to an activating group) is 1. The van der Waals surface area contributed by atoms with Crippen molar-refractivity contribution >= 4 is 17.9 Å². The average Bonchev–Trinajstić information content (AvgIpc) is 2.43. The van der Waals surface area contributed by atoms with E-state index in [1.165, 1.54) is 4.90 Å². The molecule has 1 aliphatic rings. The fourth-order valence-corrected chi connectivity index (χ4v) is 2.26. The van der Waals surface area contributed by atoms with E-state index in [1.807, 2.05) is 13.8 Å². The van der Waals surface area contributed by atoms with Gasteiger partial charge in [0.25, 0.3) is 0 Å². The van der Waals surface area contributed by atoms with Gasteiger partial charge in [-0.3, -0.25) is 9.59 Å². The van der Waals surface area contributed by atoms with Crippen molar-refractivity contribution in [1.82, 2.24) is 15.1 Å². The minimum absolute atomic E-state index is 0.0330. The summed E-state index contributed by atoms with van der Waals surface area (Å²) in [6.07, 6.45) is 0.904. The topological polar surface area (TPSA) is 90.0 Å². The summed E-state index contributed by atoms with van der Waals surface area (Å²) in [7, 11) is 1.68. The molecule has 2 N–H and O–H groups in total. The number of carboxylic acid groups (broad SMARTS) is 1. The number of carbonyl (C=O) groups is 3. The molecule has 3 amide bonds. The van der Waals surface area contributed by atoms with Crippen molar-refractivity contribution in [2.75, 3.05) is 26.7 Å². The second-order valence-electron chi connectivity index (χ2n) is 5.17. The lowest BCUT2D eigenvalue weighted by Gasteiger charge is -2.36. The molecule has 1 saturated heterocycles. The first-order valence-electron chi connectivity index (χ1n) is 6.88. The molecule has 0 radical (unpaired) electrons. The zero-order valence-electron chi connectivity index (χ0n) is 12.3. The molecule has 2 atom stereocenters. The van der Waals surface area contributed by atoms with E-state index in [0.717, 1.165) is 0 Å². The van der Waals surface area contributed by atoms with Crippen molar-refractivity contribution in [2.24, 2.45) is 5.92 Å². The van der Waals surface area contributed by atoms with Gasteiger partial charge in [-0.1, -0.05) is 0 Å². The van der Waals surface area contributed by atoms with Gasteiger partial charge in [-0.25, -0.2) is 4.79 Å². The van der Waals surface area contributed by atoms with E-state index in [1.54, 1.807) is 11.9 Å². The summed E-state index contributed by atoms with van der Waals surface area (Å²) < 4.78 is 0. The third kappa shape index (κ3) is 4.11. The van der Waals surface area contributed by atoms with Gasteiger partial charge in [-0.2, -0.15) is 0 Å². The molecular formula is C13H23N3O4. The molecule has 1 heterocycles. The molecule has 114 valence electrons. The van der Waals surface area contributed by atoms with Gasteiger partial charge in [0.2, 0.25) is 5.91 Å². The van der Waals surface area contributed by atoms with Crippen LogP contribution in [-0.2, 0) is 9.59 Å². The molecule has 1 fully saturated rings. The van der Waals surface area contributed by atoms with Gasteiger partial charge < -0.3 is 20.2 Å². The van der Waals surface area contributed by atoms with Crippen LogP contribution in [0.1, 0.15) is 26.7 Å². The molecular weight excluding hydrogens is 262 g/mol. The van der Waals surface area contributed by atoms with Crippen LogP contribution >= 0.6 is 0 Å². The Hall–Kier alpha value is -1.79. The molecule has 0 aromatic heterocycles. The van der Waals surface area contributed by atoms with Crippen LogP contribution in [0.5, 0.6) is 0 Å². The second kappa shape index (κ2) is 7.12. The largest absolute Gasteiger partial charge is 0.481 e. The first-order valence-corrected chi connectivity index (χ1v) is 6.88. The maximum atomic E-state index is 12.0. The molecule has 0 aromatic carbocycles. The number of nitrogens with one attached hydrogen (secondary N) is 1. The van der Waals surface area contributed by atoms with Gasteiger partial charge in [0, 0.05) is 26.2 Å². The average molecular weight is 285 g/mol. The van der Waals surface area contributed by atoms with Crippen LogP contribution in [0.15, 0.2) is 0 Å². The first-order chi connectivity index (χ1) is 9.36. The van der Waals surface area contributed by atoms with Crippen molar-refractivity contribution in [2.45, 2.75) is 32.7 Å². The maximum Gasteiger partial charge on any atom is 0.318 e. The van der Waals surface area contributed by atoms with E-state index in [4.69, 9.17) is 5.11 Å². The van der Waals surface area contributed by atoms with Crippen LogP contribution in [0.3, 0.4) is 0 Å². The molecule has 2 unspecified atom stereocenters. The van der Waals surface area contributed by atoms with E-state index in [2.05, 4.69) is 5.32 Å². The molecule has 7 nitrogen and oxygen atoms in total. The van der Waals surface area contributed by atoms with Crippen LogP contribution < -0.4 is 5.32 Å². The monoisotopic (exact) mass is 285 g/mol. The van der Waals surface area contributed by atoms with Gasteiger partial charge in [0.05, 0.1) is 12.5 Å². The van der Waals surface area contributed by atoms with Gasteiger partial charge in [0.1, 0.15) is 0 Å². The SMILES string of the molecule is CCN(C)C(=O)CNC(=O)N1CCC(C(=O)O)CC1C. The highest BCUT2D eigenvalue weighted by atomic mass is 16.4. The van der Waals surface area contributed by atoms with Crippen LogP contribution in [0.2, 0.25) is 0 Å². The van der Waals surface area contributed by atoms with Gasteiger partial charge in [-0.15, -0.1) is 0 Å². The van der Waals surface area contributed by atoms with Gasteiger partial charge in [0.15, 0.2) is 0 Å². The van der Waals surface area contributed by atoms with Crippen LogP contribution in [0.25, 0.3) is 0 Å². The van der Waals surface area contributed by atoms with Crippen LogP contribution in [0, 0.1) is 5.92 Å². The lowest BCUT2D eigenvalue weighted by atomic mass is 9.92. The number of rotatable bonds is 4. The van der Waals surface area contributed by atoms with Gasteiger partial charge in [-0.05, 0) is 26.7 Å². The van der Waals surface area contributed by atoms with Crippen molar-refractivity contribution < 1.29 is 19.5 Å². The summed E-state index contributed by atoms with van der Waals surface area (Å²) in [4.78, 5) is 37.7. The normalized spacial score (nSPS) is 22.2. The van der Waals surface area contributed by atoms with E-state index in [0.29, 0.717) is 25.9 Å². The van der Waals surface area contributed by atoms with E-state index < -0.39 is 5.97 Å². The number of hydrogen-bond acceptors (Lipinski definition) is 3. The fourth-order valence-electron chi connectivity index (χ4n) is 2.26. The molecule has 0 bridgehead atoms.